The van der Waals surface area contributed by atoms with E-state index in [1.165, 1.54) is 32.3 Å². The van der Waals surface area contributed by atoms with E-state index in [1.807, 2.05) is 0 Å². The molecule has 0 aliphatic carbocycles. The van der Waals surface area contributed by atoms with Crippen LogP contribution in [0, 0.1) is 0 Å². The summed E-state index contributed by atoms with van der Waals surface area (Å²) in [6, 6.07) is 4.00. The lowest BCUT2D eigenvalue weighted by Gasteiger charge is -2.14. The van der Waals surface area contributed by atoms with Gasteiger partial charge < -0.3 is 5.32 Å². The number of carbonyl (C=O) groups is 1. The molecule has 0 fully saturated rings. The number of carbonyl (C=O) groups excluding carboxylic acids is 1. The molecule has 0 aliphatic heterocycles. The fourth-order valence-electron chi connectivity index (χ4n) is 1.87. The lowest BCUT2D eigenvalue weighted by Crippen LogP contribution is -2.30. The van der Waals surface area contributed by atoms with Crippen molar-refractivity contribution in [1.82, 2.24) is 14.1 Å². The molecule has 0 unspecified atom stereocenters. The van der Waals surface area contributed by atoms with Gasteiger partial charge in [-0.2, -0.15) is 5.10 Å². The van der Waals surface area contributed by atoms with Gasteiger partial charge in [0.2, 0.25) is 15.9 Å². The minimum atomic E-state index is -3.79. The molecule has 0 saturated heterocycles. The Morgan fingerprint density at radius 3 is 2.50 bits per heavy atom. The Morgan fingerprint density at radius 1 is 1.23 bits per heavy atom. The van der Waals surface area contributed by atoms with E-state index in [4.69, 9.17) is 34.8 Å². The second-order valence-corrected chi connectivity index (χ2v) is 8.56. The summed E-state index contributed by atoms with van der Waals surface area (Å²) in [4.78, 5) is 23.9. The third-order valence-corrected chi connectivity index (χ3v) is 6.25. The molecule has 1 aromatic heterocycles. The van der Waals surface area contributed by atoms with Crippen LogP contribution in [0.2, 0.25) is 15.1 Å². The molecule has 2 aromatic rings. The van der Waals surface area contributed by atoms with Gasteiger partial charge in [-0.25, -0.2) is 17.4 Å². The van der Waals surface area contributed by atoms with Crippen LogP contribution in [0.25, 0.3) is 0 Å². The number of hydrogen-bond donors (Lipinski definition) is 1. The third-order valence-electron chi connectivity index (χ3n) is 3.21. The SMILES string of the molecule is CN(C)S(=O)(=O)c1cc(NC(=O)Cn2ncc(Cl)c(Cl)c2=O)ccc1Cl. The summed E-state index contributed by atoms with van der Waals surface area (Å²) in [5.74, 6) is -0.617. The van der Waals surface area contributed by atoms with Gasteiger partial charge in [-0.1, -0.05) is 34.8 Å². The Labute approximate surface area is 164 Å². The standard InChI is InChI=1S/C14H13Cl3N4O4S/c1-20(2)26(24,25)11-5-8(3-4-9(11)15)19-12(22)7-21-14(23)13(17)10(16)6-18-21/h3-6H,7H2,1-2H3,(H,19,22). The van der Waals surface area contributed by atoms with Gasteiger partial charge in [-0.3, -0.25) is 9.59 Å². The number of nitrogens with zero attached hydrogens (tertiary/aromatic N) is 3. The Bertz CT molecular complexity index is 1020. The first kappa shape index (κ1) is 20.7. The number of benzene rings is 1. The summed E-state index contributed by atoms with van der Waals surface area (Å²) in [6.07, 6.45) is 1.14. The first-order chi connectivity index (χ1) is 12.0. The smallest absolute Gasteiger partial charge is 0.287 e. The van der Waals surface area contributed by atoms with Crippen LogP contribution in [0.1, 0.15) is 0 Å². The average Bonchev–Trinajstić information content (AvgIpc) is 2.57. The highest BCUT2D eigenvalue weighted by Crippen LogP contribution is 2.26. The van der Waals surface area contributed by atoms with E-state index in [2.05, 4.69) is 10.4 Å². The Morgan fingerprint density at radius 2 is 1.88 bits per heavy atom. The highest BCUT2D eigenvalue weighted by molar-refractivity contribution is 7.89. The van der Waals surface area contributed by atoms with Crippen molar-refractivity contribution in [2.45, 2.75) is 11.4 Å². The van der Waals surface area contributed by atoms with Crippen LogP contribution >= 0.6 is 34.8 Å². The summed E-state index contributed by atoms with van der Waals surface area (Å²) in [6.45, 7) is -0.436. The van der Waals surface area contributed by atoms with Crippen molar-refractivity contribution in [3.8, 4) is 0 Å². The molecule has 1 N–H and O–H groups in total. The number of anilines is 1. The van der Waals surface area contributed by atoms with Crippen molar-refractivity contribution in [3.63, 3.8) is 0 Å². The molecule has 0 radical (unpaired) electrons. The maximum Gasteiger partial charge on any atom is 0.287 e. The van der Waals surface area contributed by atoms with E-state index in [1.54, 1.807) is 0 Å². The van der Waals surface area contributed by atoms with Gasteiger partial charge in [-0.15, -0.1) is 0 Å². The molecule has 0 saturated carbocycles. The number of nitrogens with one attached hydrogen (secondary N) is 1. The van der Waals surface area contributed by atoms with Crippen molar-refractivity contribution in [2.75, 3.05) is 19.4 Å². The number of hydrogen-bond acceptors (Lipinski definition) is 5. The second kappa shape index (κ2) is 7.93. The quantitative estimate of drug-likeness (QED) is 0.769. The topological polar surface area (TPSA) is 101 Å². The van der Waals surface area contributed by atoms with E-state index in [0.29, 0.717) is 0 Å². The zero-order valence-electron chi connectivity index (χ0n) is 13.5. The molecule has 0 atom stereocenters. The van der Waals surface area contributed by atoms with Gasteiger partial charge in [0.1, 0.15) is 16.5 Å². The molecule has 0 spiro atoms. The zero-order chi connectivity index (χ0) is 19.6. The van der Waals surface area contributed by atoms with Crippen LogP contribution in [-0.4, -0.2) is 42.5 Å². The van der Waals surface area contributed by atoms with Crippen molar-refractivity contribution < 1.29 is 13.2 Å². The van der Waals surface area contributed by atoms with E-state index in [-0.39, 0.29) is 25.7 Å². The summed E-state index contributed by atoms with van der Waals surface area (Å²) in [5, 5.41) is 5.93. The maximum atomic E-state index is 12.2. The van der Waals surface area contributed by atoms with Crippen molar-refractivity contribution in [3.05, 3.63) is 49.8 Å². The van der Waals surface area contributed by atoms with E-state index in [9.17, 15) is 18.0 Å². The number of aromatic nitrogens is 2. The molecule has 26 heavy (non-hydrogen) atoms. The van der Waals surface area contributed by atoms with Crippen molar-refractivity contribution in [2.24, 2.45) is 0 Å². The monoisotopic (exact) mass is 438 g/mol. The normalized spacial score (nSPS) is 11.6. The van der Waals surface area contributed by atoms with E-state index < -0.39 is 28.0 Å². The first-order valence-electron chi connectivity index (χ1n) is 6.97. The molecular formula is C14H13Cl3N4O4S. The van der Waals surface area contributed by atoms with Crippen molar-refractivity contribution >= 4 is 56.4 Å². The van der Waals surface area contributed by atoms with Gasteiger partial charge in [0, 0.05) is 19.8 Å². The van der Waals surface area contributed by atoms with Crippen LogP contribution in [0.3, 0.4) is 0 Å². The van der Waals surface area contributed by atoms with E-state index in [0.717, 1.165) is 15.2 Å². The van der Waals surface area contributed by atoms with Gasteiger partial charge in [0.15, 0.2) is 0 Å². The van der Waals surface area contributed by atoms with E-state index >= 15 is 0 Å². The summed E-state index contributed by atoms with van der Waals surface area (Å²) in [5.41, 5.74) is -0.533. The predicted molar refractivity (Wildman–Crippen MR) is 99.5 cm³/mol. The number of amides is 1. The van der Waals surface area contributed by atoms with Crippen LogP contribution in [0.4, 0.5) is 5.69 Å². The maximum absolute atomic E-state index is 12.2. The number of sulfonamides is 1. The summed E-state index contributed by atoms with van der Waals surface area (Å²) >= 11 is 17.3. The molecule has 12 heteroatoms. The molecule has 0 bridgehead atoms. The predicted octanol–water partition coefficient (Wildman–Crippen LogP) is 2.09. The second-order valence-electron chi connectivity index (χ2n) is 5.25. The van der Waals surface area contributed by atoms with Gasteiger partial charge in [0.25, 0.3) is 5.56 Å². The van der Waals surface area contributed by atoms with Crippen LogP contribution in [0.5, 0.6) is 0 Å². The number of halogens is 3. The fraction of sp³-hybridized carbons (Fsp3) is 0.214. The largest absolute Gasteiger partial charge is 0.324 e. The lowest BCUT2D eigenvalue weighted by atomic mass is 10.3. The Kier molecular flexibility index (Phi) is 6.30. The molecule has 1 heterocycles. The highest BCUT2D eigenvalue weighted by Gasteiger charge is 2.21. The summed E-state index contributed by atoms with van der Waals surface area (Å²) in [7, 11) is -1.07. The Hall–Kier alpha value is -1.65. The zero-order valence-corrected chi connectivity index (χ0v) is 16.6. The third kappa shape index (κ3) is 4.36. The van der Waals surface area contributed by atoms with Crippen molar-refractivity contribution in [1.29, 1.82) is 0 Å². The molecule has 140 valence electrons. The van der Waals surface area contributed by atoms with Crippen LogP contribution in [-0.2, 0) is 21.4 Å². The minimum Gasteiger partial charge on any atom is -0.324 e. The number of rotatable bonds is 5. The Balaban J connectivity index is 2.26. The molecule has 1 amide bonds. The minimum absolute atomic E-state index is 0.0130. The molecule has 1 aromatic carbocycles. The van der Waals surface area contributed by atoms with Crippen LogP contribution < -0.4 is 10.9 Å². The first-order valence-corrected chi connectivity index (χ1v) is 9.54. The van der Waals surface area contributed by atoms with Gasteiger partial charge >= 0.3 is 0 Å². The molecular weight excluding hydrogens is 427 g/mol. The molecule has 8 nitrogen and oxygen atoms in total. The average molecular weight is 440 g/mol. The van der Waals surface area contributed by atoms with Gasteiger partial charge in [-0.05, 0) is 18.2 Å². The highest BCUT2D eigenvalue weighted by atomic mass is 35.5. The molecule has 0 aliphatic rings. The lowest BCUT2D eigenvalue weighted by molar-refractivity contribution is -0.117. The fourth-order valence-corrected chi connectivity index (χ4v) is 3.53. The molecule has 2 rings (SSSR count). The van der Waals surface area contributed by atoms with Crippen LogP contribution in [0.15, 0.2) is 34.1 Å². The summed E-state index contributed by atoms with van der Waals surface area (Å²) < 4.78 is 26.3. The van der Waals surface area contributed by atoms with Gasteiger partial charge in [0.05, 0.1) is 16.2 Å².